The lowest BCUT2D eigenvalue weighted by molar-refractivity contribution is 0.134. The van der Waals surface area contributed by atoms with Gasteiger partial charge in [-0.3, -0.25) is 0 Å². The highest BCUT2D eigenvalue weighted by Crippen LogP contribution is 2.42. The van der Waals surface area contributed by atoms with Gasteiger partial charge in [-0.1, -0.05) is 12.1 Å². The van der Waals surface area contributed by atoms with Crippen LogP contribution in [0.2, 0.25) is 10.6 Å². The molecule has 20 heavy (non-hydrogen) atoms. The van der Waals surface area contributed by atoms with Gasteiger partial charge in [0.25, 0.3) is 0 Å². The lowest BCUT2D eigenvalue weighted by Gasteiger charge is -2.17. The van der Waals surface area contributed by atoms with Crippen molar-refractivity contribution in [2.45, 2.75) is 25.9 Å². The Kier molecular flexibility index (Phi) is 3.18. The molecule has 0 saturated heterocycles. The molecule has 3 rings (SSSR count). The fourth-order valence-corrected chi connectivity index (χ4v) is 2.47. The lowest BCUT2D eigenvalue weighted by atomic mass is 10.0. The molecule has 7 heteroatoms. The van der Waals surface area contributed by atoms with Crippen LogP contribution >= 0.6 is 23.2 Å². The van der Waals surface area contributed by atoms with Gasteiger partial charge in [0.15, 0.2) is 11.5 Å². The third-order valence-corrected chi connectivity index (χ3v) is 3.15. The zero-order chi connectivity index (χ0) is 14.3. The predicted octanol–water partition coefficient (Wildman–Crippen LogP) is 3.68. The maximum Gasteiger partial charge on any atom is 0.327 e. The van der Waals surface area contributed by atoms with Gasteiger partial charge in [-0.2, -0.15) is 15.0 Å². The molecule has 0 N–H and O–H groups in total. The molecule has 0 atom stereocenters. The molecule has 2 heterocycles. The maximum absolute atomic E-state index is 5.90. The number of fused-ring (bicyclic) bond motifs is 1. The molecule has 5 nitrogen and oxygen atoms in total. The quantitative estimate of drug-likeness (QED) is 0.846. The van der Waals surface area contributed by atoms with E-state index in [-0.39, 0.29) is 22.2 Å². The third-order valence-electron chi connectivity index (χ3n) is 2.82. The fourth-order valence-electron chi connectivity index (χ4n) is 2.12. The Hall–Kier alpha value is -1.59. The molecular formula is C13H11Cl2N3O2. The smallest absolute Gasteiger partial charge is 0.327 e. The normalized spacial score (nSPS) is 15.6. The molecule has 1 aliphatic rings. The van der Waals surface area contributed by atoms with Crippen molar-refractivity contribution in [1.29, 1.82) is 0 Å². The molecule has 0 spiro atoms. The van der Waals surface area contributed by atoms with Crippen LogP contribution in [0.3, 0.4) is 0 Å². The number of hydrogen-bond acceptors (Lipinski definition) is 5. The highest BCUT2D eigenvalue weighted by Gasteiger charge is 2.32. The van der Waals surface area contributed by atoms with Crippen LogP contribution in [-0.4, -0.2) is 20.6 Å². The van der Waals surface area contributed by atoms with Crippen molar-refractivity contribution >= 4 is 23.2 Å². The summed E-state index contributed by atoms with van der Waals surface area (Å²) in [6.45, 7) is 4.04. The van der Waals surface area contributed by atoms with Crippen molar-refractivity contribution in [3.8, 4) is 17.5 Å². The fraction of sp³-hybridized carbons (Fsp3) is 0.308. The molecule has 0 aliphatic carbocycles. The zero-order valence-electron chi connectivity index (χ0n) is 10.9. The number of ether oxygens (including phenoxy) is 2. The summed E-state index contributed by atoms with van der Waals surface area (Å²) in [4.78, 5) is 11.4. The first-order valence-electron chi connectivity index (χ1n) is 5.99. The average molecular weight is 312 g/mol. The molecule has 0 radical (unpaired) electrons. The number of benzene rings is 1. The molecule has 0 fully saturated rings. The number of para-hydroxylation sites is 1. The van der Waals surface area contributed by atoms with E-state index in [1.54, 1.807) is 6.07 Å². The van der Waals surface area contributed by atoms with Crippen LogP contribution in [0.15, 0.2) is 18.2 Å². The van der Waals surface area contributed by atoms with Gasteiger partial charge in [0.1, 0.15) is 5.60 Å². The number of hydrogen-bond donors (Lipinski definition) is 0. The first-order chi connectivity index (χ1) is 9.43. The molecule has 2 aromatic rings. The summed E-state index contributed by atoms with van der Waals surface area (Å²) in [7, 11) is 0. The van der Waals surface area contributed by atoms with Gasteiger partial charge in [-0.05, 0) is 43.1 Å². The SMILES string of the molecule is CC1(C)Cc2cccc(Oc3nc(Cl)nc(Cl)n3)c2O1. The van der Waals surface area contributed by atoms with Crippen LogP contribution < -0.4 is 9.47 Å². The first kappa shape index (κ1) is 13.4. The van der Waals surface area contributed by atoms with Crippen LogP contribution in [0.1, 0.15) is 19.4 Å². The summed E-state index contributed by atoms with van der Waals surface area (Å²) >= 11 is 11.4. The second-order valence-corrected chi connectivity index (χ2v) is 5.72. The molecule has 0 unspecified atom stereocenters. The van der Waals surface area contributed by atoms with Crippen molar-refractivity contribution in [2.24, 2.45) is 0 Å². The highest BCUT2D eigenvalue weighted by molar-refractivity contribution is 6.31. The van der Waals surface area contributed by atoms with E-state index in [1.165, 1.54) is 0 Å². The van der Waals surface area contributed by atoms with E-state index in [2.05, 4.69) is 15.0 Å². The van der Waals surface area contributed by atoms with Gasteiger partial charge in [0.2, 0.25) is 10.6 Å². The van der Waals surface area contributed by atoms with Crippen LogP contribution in [0.4, 0.5) is 0 Å². The second-order valence-electron chi connectivity index (χ2n) is 5.04. The van der Waals surface area contributed by atoms with Crippen molar-refractivity contribution in [1.82, 2.24) is 15.0 Å². The first-order valence-corrected chi connectivity index (χ1v) is 6.74. The molecule has 104 valence electrons. The lowest BCUT2D eigenvalue weighted by Crippen LogP contribution is -2.24. The monoisotopic (exact) mass is 311 g/mol. The molecular weight excluding hydrogens is 301 g/mol. The van der Waals surface area contributed by atoms with Crippen LogP contribution in [0.25, 0.3) is 0 Å². The van der Waals surface area contributed by atoms with E-state index in [4.69, 9.17) is 32.7 Å². The average Bonchev–Trinajstić information content (AvgIpc) is 2.63. The molecule has 1 aromatic heterocycles. The Morgan fingerprint density at radius 2 is 1.85 bits per heavy atom. The minimum atomic E-state index is -0.254. The van der Waals surface area contributed by atoms with Gasteiger partial charge in [0.05, 0.1) is 0 Å². The van der Waals surface area contributed by atoms with Crippen molar-refractivity contribution < 1.29 is 9.47 Å². The minimum absolute atomic E-state index is 0.0196. The van der Waals surface area contributed by atoms with Crippen molar-refractivity contribution in [3.05, 3.63) is 34.3 Å². The summed E-state index contributed by atoms with van der Waals surface area (Å²) < 4.78 is 11.5. The van der Waals surface area contributed by atoms with Crippen molar-refractivity contribution in [2.75, 3.05) is 0 Å². The molecule has 1 aliphatic heterocycles. The third kappa shape index (κ3) is 2.64. The van der Waals surface area contributed by atoms with E-state index >= 15 is 0 Å². The second kappa shape index (κ2) is 4.75. The van der Waals surface area contributed by atoms with Crippen LogP contribution in [0.5, 0.6) is 17.5 Å². The summed E-state index contributed by atoms with van der Waals surface area (Å²) in [5.41, 5.74) is 0.828. The van der Waals surface area contributed by atoms with Crippen LogP contribution in [-0.2, 0) is 6.42 Å². The Balaban J connectivity index is 1.95. The summed E-state index contributed by atoms with van der Waals surface area (Å²) in [5, 5.41) is -0.0392. The topological polar surface area (TPSA) is 57.1 Å². The number of nitrogens with zero attached hydrogens (tertiary/aromatic N) is 3. The van der Waals surface area contributed by atoms with E-state index in [0.29, 0.717) is 11.5 Å². The minimum Gasteiger partial charge on any atom is -0.483 e. The van der Waals surface area contributed by atoms with E-state index < -0.39 is 0 Å². The van der Waals surface area contributed by atoms with E-state index in [9.17, 15) is 0 Å². The van der Waals surface area contributed by atoms with E-state index in [0.717, 1.165) is 12.0 Å². The summed E-state index contributed by atoms with van der Waals surface area (Å²) in [5.74, 6) is 1.23. The summed E-state index contributed by atoms with van der Waals surface area (Å²) in [6.07, 6.45) is 0.818. The molecule has 0 bridgehead atoms. The number of rotatable bonds is 2. The highest BCUT2D eigenvalue weighted by atomic mass is 35.5. The molecule has 0 saturated carbocycles. The Labute approximate surface area is 125 Å². The van der Waals surface area contributed by atoms with Gasteiger partial charge in [-0.25, -0.2) is 0 Å². The van der Waals surface area contributed by atoms with Gasteiger partial charge < -0.3 is 9.47 Å². The number of halogens is 2. The maximum atomic E-state index is 5.90. The van der Waals surface area contributed by atoms with Gasteiger partial charge >= 0.3 is 6.01 Å². The van der Waals surface area contributed by atoms with E-state index in [1.807, 2.05) is 26.0 Å². The predicted molar refractivity (Wildman–Crippen MR) is 74.8 cm³/mol. The molecule has 0 amide bonds. The zero-order valence-corrected chi connectivity index (χ0v) is 12.4. The summed E-state index contributed by atoms with van der Waals surface area (Å²) in [6, 6.07) is 5.72. The number of aromatic nitrogens is 3. The largest absolute Gasteiger partial charge is 0.483 e. The standard InChI is InChI=1S/C13H11Cl2N3O2/c1-13(2)6-7-4-3-5-8(9(7)20-13)19-12-17-10(14)16-11(15)18-12/h3-5H,6H2,1-2H3. The van der Waals surface area contributed by atoms with Gasteiger partial charge in [0, 0.05) is 12.0 Å². The Bertz CT molecular complexity index is 656. The van der Waals surface area contributed by atoms with Crippen LogP contribution in [0, 0.1) is 0 Å². The van der Waals surface area contributed by atoms with Crippen molar-refractivity contribution in [3.63, 3.8) is 0 Å². The Morgan fingerprint density at radius 3 is 2.55 bits per heavy atom. The Morgan fingerprint density at radius 1 is 1.15 bits per heavy atom. The van der Waals surface area contributed by atoms with Gasteiger partial charge in [-0.15, -0.1) is 0 Å². The molecule has 1 aromatic carbocycles.